The van der Waals surface area contributed by atoms with E-state index in [9.17, 15) is 18.0 Å². The maximum absolute atomic E-state index is 12.7. The Morgan fingerprint density at radius 2 is 1.46 bits per heavy atom. The molecule has 2 fully saturated rings. The SMILES string of the molecule is CCS(=O)(=O)c1ccc(C(=O)N2CCN(CC(=O)N3CCCCC3)CC2)cc1. The van der Waals surface area contributed by atoms with Gasteiger partial charge in [0.05, 0.1) is 17.2 Å². The lowest BCUT2D eigenvalue weighted by atomic mass is 10.1. The highest BCUT2D eigenvalue weighted by Crippen LogP contribution is 2.15. The number of piperazine rings is 1. The highest BCUT2D eigenvalue weighted by Gasteiger charge is 2.25. The van der Waals surface area contributed by atoms with Crippen LogP contribution in [0.2, 0.25) is 0 Å². The Bertz CT molecular complexity index is 793. The number of benzene rings is 1. The minimum atomic E-state index is -3.26. The third-order valence-corrected chi connectivity index (χ3v) is 7.32. The molecule has 2 heterocycles. The smallest absolute Gasteiger partial charge is 0.253 e. The van der Waals surface area contributed by atoms with Crippen molar-refractivity contribution in [2.75, 3.05) is 51.6 Å². The van der Waals surface area contributed by atoms with Crippen molar-refractivity contribution in [3.8, 4) is 0 Å². The number of amides is 2. The molecular weight excluding hydrogens is 378 g/mol. The zero-order valence-electron chi connectivity index (χ0n) is 16.5. The van der Waals surface area contributed by atoms with Gasteiger partial charge in [0.15, 0.2) is 9.84 Å². The molecule has 0 aliphatic carbocycles. The summed E-state index contributed by atoms with van der Waals surface area (Å²) in [7, 11) is -3.26. The van der Waals surface area contributed by atoms with E-state index in [0.717, 1.165) is 25.9 Å². The van der Waals surface area contributed by atoms with Gasteiger partial charge in [-0.25, -0.2) is 8.42 Å². The van der Waals surface area contributed by atoms with Crippen LogP contribution < -0.4 is 0 Å². The van der Waals surface area contributed by atoms with Crippen LogP contribution in [-0.2, 0) is 14.6 Å². The number of hydrogen-bond donors (Lipinski definition) is 0. The quantitative estimate of drug-likeness (QED) is 0.734. The molecule has 2 saturated heterocycles. The standard InChI is InChI=1S/C20H29N3O4S/c1-2-28(26,27)18-8-6-17(7-9-18)20(25)23-14-12-21(13-15-23)16-19(24)22-10-4-3-5-11-22/h6-9H,2-5,10-16H2,1H3. The Hall–Kier alpha value is -1.93. The van der Waals surface area contributed by atoms with E-state index in [0.29, 0.717) is 38.3 Å². The predicted molar refractivity (Wildman–Crippen MR) is 107 cm³/mol. The molecule has 0 radical (unpaired) electrons. The van der Waals surface area contributed by atoms with E-state index in [-0.39, 0.29) is 22.5 Å². The summed E-state index contributed by atoms with van der Waals surface area (Å²) in [6.07, 6.45) is 3.38. The molecule has 2 aliphatic rings. The highest BCUT2D eigenvalue weighted by molar-refractivity contribution is 7.91. The molecule has 1 aromatic carbocycles. The normalized spacial score (nSPS) is 18.9. The fourth-order valence-electron chi connectivity index (χ4n) is 3.70. The molecule has 7 nitrogen and oxygen atoms in total. The van der Waals surface area contributed by atoms with Crippen molar-refractivity contribution in [3.63, 3.8) is 0 Å². The molecule has 0 atom stereocenters. The summed E-state index contributed by atoms with van der Waals surface area (Å²) in [5.74, 6) is 0.132. The molecular formula is C20H29N3O4S. The molecule has 2 amide bonds. The van der Waals surface area contributed by atoms with Crippen molar-refractivity contribution in [1.82, 2.24) is 14.7 Å². The van der Waals surface area contributed by atoms with Gasteiger partial charge in [-0.1, -0.05) is 6.92 Å². The Labute approximate surface area is 167 Å². The topological polar surface area (TPSA) is 78.0 Å². The molecule has 1 aromatic rings. The second-order valence-corrected chi connectivity index (χ2v) is 9.72. The van der Waals surface area contributed by atoms with Crippen LogP contribution in [0.25, 0.3) is 0 Å². The van der Waals surface area contributed by atoms with Gasteiger partial charge in [-0.15, -0.1) is 0 Å². The maximum atomic E-state index is 12.7. The van der Waals surface area contributed by atoms with E-state index >= 15 is 0 Å². The van der Waals surface area contributed by atoms with Crippen molar-refractivity contribution in [1.29, 1.82) is 0 Å². The average Bonchev–Trinajstić information content (AvgIpc) is 2.74. The summed E-state index contributed by atoms with van der Waals surface area (Å²) in [5, 5.41) is 0. The van der Waals surface area contributed by atoms with Gasteiger partial charge in [-0.05, 0) is 43.5 Å². The maximum Gasteiger partial charge on any atom is 0.253 e. The van der Waals surface area contributed by atoms with Crippen LogP contribution >= 0.6 is 0 Å². The molecule has 0 bridgehead atoms. The zero-order valence-corrected chi connectivity index (χ0v) is 17.3. The number of nitrogens with zero attached hydrogens (tertiary/aromatic N) is 3. The van der Waals surface area contributed by atoms with Crippen LogP contribution in [-0.4, -0.2) is 86.5 Å². The Balaban J connectivity index is 1.51. The number of hydrogen-bond acceptors (Lipinski definition) is 5. The van der Waals surface area contributed by atoms with Gasteiger partial charge in [-0.3, -0.25) is 14.5 Å². The second-order valence-electron chi connectivity index (χ2n) is 7.44. The van der Waals surface area contributed by atoms with E-state index < -0.39 is 9.84 Å². The lowest BCUT2D eigenvalue weighted by molar-refractivity contribution is -0.133. The van der Waals surface area contributed by atoms with Crippen LogP contribution in [0.3, 0.4) is 0 Å². The van der Waals surface area contributed by atoms with Gasteiger partial charge in [0.1, 0.15) is 0 Å². The van der Waals surface area contributed by atoms with Crippen molar-refractivity contribution < 1.29 is 18.0 Å². The molecule has 0 saturated carbocycles. The van der Waals surface area contributed by atoms with Gasteiger partial charge in [0.2, 0.25) is 5.91 Å². The first kappa shape index (κ1) is 20.8. The average molecular weight is 408 g/mol. The Morgan fingerprint density at radius 3 is 2.04 bits per heavy atom. The third-order valence-electron chi connectivity index (χ3n) is 5.57. The highest BCUT2D eigenvalue weighted by atomic mass is 32.2. The number of likely N-dealkylation sites (tertiary alicyclic amines) is 1. The summed E-state index contributed by atoms with van der Waals surface area (Å²) in [6.45, 7) is 6.24. The fraction of sp³-hybridized carbons (Fsp3) is 0.600. The van der Waals surface area contributed by atoms with Crippen molar-refractivity contribution in [3.05, 3.63) is 29.8 Å². The van der Waals surface area contributed by atoms with E-state index in [4.69, 9.17) is 0 Å². The van der Waals surface area contributed by atoms with E-state index in [1.165, 1.54) is 18.6 Å². The monoisotopic (exact) mass is 407 g/mol. The molecule has 8 heteroatoms. The van der Waals surface area contributed by atoms with Gasteiger partial charge < -0.3 is 9.80 Å². The zero-order chi connectivity index (χ0) is 20.1. The number of sulfone groups is 1. The lowest BCUT2D eigenvalue weighted by Crippen LogP contribution is -2.52. The van der Waals surface area contributed by atoms with E-state index in [2.05, 4.69) is 4.90 Å². The minimum absolute atomic E-state index is 0.0401. The first-order valence-electron chi connectivity index (χ1n) is 10.0. The molecule has 0 aromatic heterocycles. The molecule has 3 rings (SSSR count). The molecule has 0 spiro atoms. The van der Waals surface area contributed by atoms with Crippen LogP contribution in [0.1, 0.15) is 36.5 Å². The van der Waals surface area contributed by atoms with Gasteiger partial charge in [0.25, 0.3) is 5.91 Å². The first-order valence-corrected chi connectivity index (χ1v) is 11.7. The second kappa shape index (κ2) is 9.05. The molecule has 154 valence electrons. The van der Waals surface area contributed by atoms with Gasteiger partial charge in [-0.2, -0.15) is 0 Å². The number of rotatable bonds is 5. The fourth-order valence-corrected chi connectivity index (χ4v) is 4.58. The van der Waals surface area contributed by atoms with Gasteiger partial charge in [0, 0.05) is 44.8 Å². The van der Waals surface area contributed by atoms with E-state index in [1.807, 2.05) is 4.90 Å². The minimum Gasteiger partial charge on any atom is -0.342 e. The Kier molecular flexibility index (Phi) is 6.72. The van der Waals surface area contributed by atoms with Crippen molar-refractivity contribution in [2.45, 2.75) is 31.1 Å². The summed E-state index contributed by atoms with van der Waals surface area (Å²) in [5.41, 5.74) is 0.493. The van der Waals surface area contributed by atoms with Crippen LogP contribution in [0.15, 0.2) is 29.2 Å². The molecule has 28 heavy (non-hydrogen) atoms. The number of piperidine rings is 1. The Morgan fingerprint density at radius 1 is 0.857 bits per heavy atom. The van der Waals surface area contributed by atoms with Gasteiger partial charge >= 0.3 is 0 Å². The lowest BCUT2D eigenvalue weighted by Gasteiger charge is -2.36. The van der Waals surface area contributed by atoms with Crippen LogP contribution in [0.5, 0.6) is 0 Å². The third kappa shape index (κ3) is 4.91. The summed E-state index contributed by atoms with van der Waals surface area (Å²) in [4.78, 5) is 31.2. The predicted octanol–water partition coefficient (Wildman–Crippen LogP) is 1.25. The summed E-state index contributed by atoms with van der Waals surface area (Å²) >= 11 is 0. The van der Waals surface area contributed by atoms with Crippen LogP contribution in [0.4, 0.5) is 0 Å². The number of carbonyl (C=O) groups excluding carboxylic acids is 2. The first-order chi connectivity index (χ1) is 13.4. The summed E-state index contributed by atoms with van der Waals surface area (Å²) < 4.78 is 23.8. The van der Waals surface area contributed by atoms with Crippen molar-refractivity contribution in [2.24, 2.45) is 0 Å². The van der Waals surface area contributed by atoms with Crippen LogP contribution in [0, 0.1) is 0 Å². The number of carbonyl (C=O) groups is 2. The van der Waals surface area contributed by atoms with E-state index in [1.54, 1.807) is 24.0 Å². The molecule has 2 aliphatic heterocycles. The largest absolute Gasteiger partial charge is 0.342 e. The molecule has 0 N–H and O–H groups in total. The summed E-state index contributed by atoms with van der Waals surface area (Å²) in [6, 6.07) is 6.16. The van der Waals surface area contributed by atoms with Crippen molar-refractivity contribution >= 4 is 21.7 Å². The molecule has 0 unspecified atom stereocenters.